The molecule has 6 heteroatoms. The first-order valence-corrected chi connectivity index (χ1v) is 7.02. The van der Waals surface area contributed by atoms with E-state index in [0.717, 1.165) is 5.69 Å². The fraction of sp³-hybridized carbons (Fsp3) is 0.533. The number of carbonyl (C=O) groups excluding carboxylic acids is 1. The number of benzene rings is 1. The molecule has 6 nitrogen and oxygen atoms in total. The van der Waals surface area contributed by atoms with Crippen LogP contribution < -0.4 is 21.1 Å². The molecule has 4 N–H and O–H groups in total. The summed E-state index contributed by atoms with van der Waals surface area (Å²) in [7, 11) is 1.59. The second kappa shape index (κ2) is 8.36. The molecule has 1 rings (SSSR count). The summed E-state index contributed by atoms with van der Waals surface area (Å²) in [6.07, 6.45) is 0.0643. The van der Waals surface area contributed by atoms with Crippen molar-refractivity contribution in [2.24, 2.45) is 0 Å². The molecule has 118 valence electrons. The summed E-state index contributed by atoms with van der Waals surface area (Å²) >= 11 is 0. The van der Waals surface area contributed by atoms with E-state index in [1.165, 1.54) is 0 Å². The molecule has 0 spiro atoms. The van der Waals surface area contributed by atoms with E-state index in [0.29, 0.717) is 24.6 Å². The van der Waals surface area contributed by atoms with Crippen LogP contribution in [0.3, 0.4) is 0 Å². The largest absolute Gasteiger partial charge is 0.491 e. The quantitative estimate of drug-likeness (QED) is 0.501. The molecule has 0 aliphatic carbocycles. The molecule has 0 saturated carbocycles. The van der Waals surface area contributed by atoms with Crippen LogP contribution in [-0.4, -0.2) is 38.3 Å². The minimum absolute atomic E-state index is 0.0643. The third kappa shape index (κ3) is 6.35. The molecule has 0 radical (unpaired) electrons. The molecule has 0 saturated heterocycles. The molecule has 0 heterocycles. The SMILES string of the molecule is COCCNC(=O)C(C)Nc1cc(N)cc(OC(C)C)c1. The van der Waals surface area contributed by atoms with Gasteiger partial charge in [0, 0.05) is 37.2 Å². The Labute approximate surface area is 126 Å². The van der Waals surface area contributed by atoms with Gasteiger partial charge in [0.2, 0.25) is 5.91 Å². The van der Waals surface area contributed by atoms with Crippen molar-refractivity contribution >= 4 is 17.3 Å². The van der Waals surface area contributed by atoms with E-state index in [-0.39, 0.29) is 18.1 Å². The summed E-state index contributed by atoms with van der Waals surface area (Å²) in [6.45, 7) is 6.65. The van der Waals surface area contributed by atoms with Gasteiger partial charge in [0.05, 0.1) is 12.7 Å². The topological polar surface area (TPSA) is 85.6 Å². The number of carbonyl (C=O) groups is 1. The Morgan fingerprint density at radius 1 is 1.29 bits per heavy atom. The van der Waals surface area contributed by atoms with Gasteiger partial charge in [0.15, 0.2) is 0 Å². The highest BCUT2D eigenvalue weighted by Gasteiger charge is 2.12. The summed E-state index contributed by atoms with van der Waals surface area (Å²) in [4.78, 5) is 11.9. The molecular weight excluding hydrogens is 270 g/mol. The Kier molecular flexibility index (Phi) is 6.81. The summed E-state index contributed by atoms with van der Waals surface area (Å²) in [5, 5.41) is 5.89. The number of ether oxygens (including phenoxy) is 2. The Balaban J connectivity index is 2.64. The molecule has 1 aromatic carbocycles. The van der Waals surface area contributed by atoms with Crippen molar-refractivity contribution in [1.29, 1.82) is 0 Å². The Hall–Kier alpha value is -1.95. The fourth-order valence-corrected chi connectivity index (χ4v) is 1.79. The predicted octanol–water partition coefficient (Wildman–Crippen LogP) is 1.62. The molecule has 0 aliphatic rings. The maximum Gasteiger partial charge on any atom is 0.242 e. The number of methoxy groups -OCH3 is 1. The van der Waals surface area contributed by atoms with Crippen LogP contribution in [0.4, 0.5) is 11.4 Å². The first kappa shape index (κ1) is 17.1. The monoisotopic (exact) mass is 295 g/mol. The van der Waals surface area contributed by atoms with Crippen molar-refractivity contribution in [1.82, 2.24) is 5.32 Å². The van der Waals surface area contributed by atoms with Crippen LogP contribution in [0.1, 0.15) is 20.8 Å². The van der Waals surface area contributed by atoms with Gasteiger partial charge in [0.25, 0.3) is 0 Å². The van der Waals surface area contributed by atoms with E-state index in [2.05, 4.69) is 10.6 Å². The van der Waals surface area contributed by atoms with Gasteiger partial charge >= 0.3 is 0 Å². The van der Waals surface area contributed by atoms with Crippen LogP contribution in [0.2, 0.25) is 0 Å². The molecule has 21 heavy (non-hydrogen) atoms. The normalized spacial score (nSPS) is 12.0. The fourth-order valence-electron chi connectivity index (χ4n) is 1.79. The van der Waals surface area contributed by atoms with Crippen molar-refractivity contribution < 1.29 is 14.3 Å². The molecule has 0 bridgehead atoms. The maximum atomic E-state index is 11.9. The van der Waals surface area contributed by atoms with Crippen molar-refractivity contribution in [2.75, 3.05) is 31.3 Å². The number of nitrogens with two attached hydrogens (primary N) is 1. The first-order chi connectivity index (χ1) is 9.92. The highest BCUT2D eigenvalue weighted by atomic mass is 16.5. The van der Waals surface area contributed by atoms with E-state index in [1.54, 1.807) is 26.2 Å². The van der Waals surface area contributed by atoms with Crippen LogP contribution in [0.15, 0.2) is 18.2 Å². The average molecular weight is 295 g/mol. The highest BCUT2D eigenvalue weighted by molar-refractivity contribution is 5.84. The van der Waals surface area contributed by atoms with Crippen molar-refractivity contribution in [2.45, 2.75) is 32.9 Å². The van der Waals surface area contributed by atoms with Gasteiger partial charge in [-0.25, -0.2) is 0 Å². The van der Waals surface area contributed by atoms with Crippen LogP contribution in [0.5, 0.6) is 5.75 Å². The number of amides is 1. The van der Waals surface area contributed by atoms with Crippen molar-refractivity contribution in [3.63, 3.8) is 0 Å². The lowest BCUT2D eigenvalue weighted by atomic mass is 10.2. The molecule has 1 amide bonds. The molecule has 1 atom stereocenters. The number of hydrogen-bond donors (Lipinski definition) is 3. The summed E-state index contributed by atoms with van der Waals surface area (Å²) in [6, 6.07) is 4.98. The number of nitrogen functional groups attached to an aromatic ring is 1. The van der Waals surface area contributed by atoms with E-state index < -0.39 is 0 Å². The van der Waals surface area contributed by atoms with Gasteiger partial charge in [-0.1, -0.05) is 0 Å². The van der Waals surface area contributed by atoms with Crippen LogP contribution in [-0.2, 0) is 9.53 Å². The van der Waals surface area contributed by atoms with Crippen molar-refractivity contribution in [3.8, 4) is 5.75 Å². The summed E-state index contributed by atoms with van der Waals surface area (Å²) in [5.74, 6) is 0.584. The lowest BCUT2D eigenvalue weighted by molar-refractivity contribution is -0.121. The number of anilines is 2. The lowest BCUT2D eigenvalue weighted by Crippen LogP contribution is -2.39. The van der Waals surface area contributed by atoms with Crippen LogP contribution in [0, 0.1) is 0 Å². The van der Waals surface area contributed by atoms with Crippen molar-refractivity contribution in [3.05, 3.63) is 18.2 Å². The van der Waals surface area contributed by atoms with Crippen LogP contribution in [0.25, 0.3) is 0 Å². The lowest BCUT2D eigenvalue weighted by Gasteiger charge is -2.17. The number of rotatable bonds is 8. The van der Waals surface area contributed by atoms with Gasteiger partial charge in [-0.15, -0.1) is 0 Å². The first-order valence-electron chi connectivity index (χ1n) is 7.02. The number of nitrogens with one attached hydrogen (secondary N) is 2. The van der Waals surface area contributed by atoms with Gasteiger partial charge in [0.1, 0.15) is 11.8 Å². The number of hydrogen-bond acceptors (Lipinski definition) is 5. The smallest absolute Gasteiger partial charge is 0.242 e. The van der Waals surface area contributed by atoms with Crippen LogP contribution >= 0.6 is 0 Å². The minimum atomic E-state index is -0.379. The standard InChI is InChI=1S/C15H25N3O3/c1-10(2)21-14-8-12(16)7-13(9-14)18-11(3)15(19)17-5-6-20-4/h7-11,18H,5-6,16H2,1-4H3,(H,17,19). The zero-order chi connectivity index (χ0) is 15.8. The van der Waals surface area contributed by atoms with E-state index >= 15 is 0 Å². The maximum absolute atomic E-state index is 11.9. The van der Waals surface area contributed by atoms with E-state index in [9.17, 15) is 4.79 Å². The molecule has 0 fully saturated rings. The predicted molar refractivity (Wildman–Crippen MR) is 84.6 cm³/mol. The Morgan fingerprint density at radius 3 is 2.62 bits per heavy atom. The summed E-state index contributed by atoms with van der Waals surface area (Å²) in [5.41, 5.74) is 7.18. The second-order valence-corrected chi connectivity index (χ2v) is 5.11. The molecule has 1 aromatic rings. The second-order valence-electron chi connectivity index (χ2n) is 5.11. The zero-order valence-corrected chi connectivity index (χ0v) is 13.1. The average Bonchev–Trinajstić information content (AvgIpc) is 2.37. The van der Waals surface area contributed by atoms with E-state index in [1.807, 2.05) is 19.9 Å². The van der Waals surface area contributed by atoms with Gasteiger partial charge in [-0.3, -0.25) is 4.79 Å². The Morgan fingerprint density at radius 2 is 2.00 bits per heavy atom. The zero-order valence-electron chi connectivity index (χ0n) is 13.1. The minimum Gasteiger partial charge on any atom is -0.491 e. The Bertz CT molecular complexity index is 463. The third-order valence-corrected chi connectivity index (χ3v) is 2.68. The summed E-state index contributed by atoms with van der Waals surface area (Å²) < 4.78 is 10.5. The molecule has 1 unspecified atom stereocenters. The highest BCUT2D eigenvalue weighted by Crippen LogP contribution is 2.24. The van der Waals surface area contributed by atoms with Gasteiger partial charge in [-0.05, 0) is 26.8 Å². The third-order valence-electron chi connectivity index (χ3n) is 2.68. The van der Waals surface area contributed by atoms with Gasteiger partial charge in [-0.2, -0.15) is 0 Å². The molecular formula is C15H25N3O3. The van der Waals surface area contributed by atoms with Gasteiger partial charge < -0.3 is 25.8 Å². The molecule has 0 aliphatic heterocycles. The van der Waals surface area contributed by atoms with E-state index in [4.69, 9.17) is 15.2 Å². The molecule has 0 aromatic heterocycles.